The molecule has 2 aliphatic carbocycles. The monoisotopic (exact) mass is 467 g/mol. The second kappa shape index (κ2) is 8.52. The van der Waals surface area contributed by atoms with Crippen molar-refractivity contribution in [3.05, 3.63) is 119 Å². The lowest BCUT2D eigenvalue weighted by molar-refractivity contribution is 0.353. The highest BCUT2D eigenvalue weighted by atomic mass is 15.1. The van der Waals surface area contributed by atoms with Crippen LogP contribution in [0.15, 0.2) is 103 Å². The summed E-state index contributed by atoms with van der Waals surface area (Å²) in [7, 11) is 0. The minimum Gasteiger partial charge on any atom is -0.315 e. The third-order valence-corrected chi connectivity index (χ3v) is 8.87. The van der Waals surface area contributed by atoms with Gasteiger partial charge < -0.3 is 4.90 Å². The van der Waals surface area contributed by atoms with E-state index in [2.05, 4.69) is 109 Å². The van der Waals surface area contributed by atoms with Crippen molar-refractivity contribution in [3.8, 4) is 22.3 Å². The lowest BCUT2D eigenvalue weighted by atomic mass is 9.67. The highest BCUT2D eigenvalue weighted by Gasteiger charge is 2.43. The Balaban J connectivity index is 1.28. The van der Waals surface area contributed by atoms with E-state index in [1.54, 1.807) is 11.1 Å². The molecule has 1 aliphatic heterocycles. The number of hydrogen-bond donors (Lipinski definition) is 0. The topological polar surface area (TPSA) is 3.24 Å². The number of benzene rings is 4. The van der Waals surface area contributed by atoms with Gasteiger partial charge in [0.1, 0.15) is 0 Å². The number of hydrogen-bond acceptors (Lipinski definition) is 1. The lowest BCUT2D eigenvalue weighted by Crippen LogP contribution is -2.28. The zero-order valence-electron chi connectivity index (χ0n) is 21.1. The fourth-order valence-electron chi connectivity index (χ4n) is 7.13. The molecule has 0 unspecified atom stereocenters. The van der Waals surface area contributed by atoms with E-state index in [4.69, 9.17) is 0 Å². The summed E-state index contributed by atoms with van der Waals surface area (Å²) in [5, 5.41) is 0. The molecule has 0 radical (unpaired) electrons. The highest BCUT2D eigenvalue weighted by Crippen LogP contribution is 2.56. The standard InChI is InChI=1S/C35H33N/c1-25-10-9-12-27-11-3-6-15-34(27)36(25)29-19-16-26(17-20-29)28-18-21-31-30-13-4-5-14-32(30)35(33(31)24-28)22-7-2-8-23-35/h3-6,10-11,13-21,24H,2,7-9,12,22-23H2,1H3. The van der Waals surface area contributed by atoms with Gasteiger partial charge in [-0.25, -0.2) is 0 Å². The number of rotatable bonds is 2. The van der Waals surface area contributed by atoms with Crippen LogP contribution < -0.4 is 4.90 Å². The number of allylic oxidation sites excluding steroid dienone is 2. The number of anilines is 2. The SMILES string of the molecule is CC1=CCCc2ccccc2N1c1ccc(-c2ccc3c(c2)C2(CCCCC2)c2ccccc2-3)cc1. The van der Waals surface area contributed by atoms with Crippen LogP contribution in [0.2, 0.25) is 0 Å². The molecule has 7 rings (SSSR count). The third kappa shape index (κ3) is 3.29. The molecule has 0 aromatic heterocycles. The molecular formula is C35H33N. The predicted molar refractivity (Wildman–Crippen MR) is 152 cm³/mol. The molecule has 3 aliphatic rings. The van der Waals surface area contributed by atoms with Crippen LogP contribution in [0, 0.1) is 0 Å². The normalized spacial score (nSPS) is 17.7. The molecule has 0 bridgehead atoms. The molecule has 1 heterocycles. The third-order valence-electron chi connectivity index (χ3n) is 8.87. The Labute approximate surface area is 215 Å². The summed E-state index contributed by atoms with van der Waals surface area (Å²) in [6, 6.07) is 34.5. The van der Waals surface area contributed by atoms with Gasteiger partial charge in [-0.2, -0.15) is 0 Å². The first-order chi connectivity index (χ1) is 17.7. The van der Waals surface area contributed by atoms with Gasteiger partial charge in [-0.1, -0.05) is 92.1 Å². The van der Waals surface area contributed by atoms with E-state index < -0.39 is 0 Å². The Kier molecular flexibility index (Phi) is 5.13. The summed E-state index contributed by atoms with van der Waals surface area (Å²) in [6.07, 6.45) is 11.1. The summed E-state index contributed by atoms with van der Waals surface area (Å²) < 4.78 is 0. The van der Waals surface area contributed by atoms with Crippen molar-refractivity contribution in [3.63, 3.8) is 0 Å². The maximum atomic E-state index is 2.52. The van der Waals surface area contributed by atoms with E-state index in [-0.39, 0.29) is 5.41 Å². The molecule has 0 saturated heterocycles. The highest BCUT2D eigenvalue weighted by molar-refractivity contribution is 5.84. The second-order valence-electron chi connectivity index (χ2n) is 10.8. The van der Waals surface area contributed by atoms with Gasteiger partial charge in [0.05, 0.1) is 0 Å². The Bertz CT molecular complexity index is 1470. The van der Waals surface area contributed by atoms with Crippen LogP contribution in [0.3, 0.4) is 0 Å². The fourth-order valence-corrected chi connectivity index (χ4v) is 7.13. The molecule has 0 amide bonds. The molecule has 0 N–H and O–H groups in total. The Hall–Kier alpha value is -3.58. The van der Waals surface area contributed by atoms with Crippen molar-refractivity contribution < 1.29 is 0 Å². The first kappa shape index (κ1) is 21.7. The van der Waals surface area contributed by atoms with Crippen LogP contribution in [-0.2, 0) is 11.8 Å². The zero-order valence-corrected chi connectivity index (χ0v) is 21.1. The van der Waals surface area contributed by atoms with E-state index in [1.165, 1.54) is 77.0 Å². The Morgan fingerprint density at radius 2 is 1.39 bits per heavy atom. The number of para-hydroxylation sites is 1. The van der Waals surface area contributed by atoms with Gasteiger partial charge in [-0.15, -0.1) is 0 Å². The summed E-state index contributed by atoms with van der Waals surface area (Å²) in [4.78, 5) is 2.42. The number of fused-ring (bicyclic) bond motifs is 6. The van der Waals surface area contributed by atoms with Gasteiger partial charge in [0.15, 0.2) is 0 Å². The molecule has 0 atom stereocenters. The van der Waals surface area contributed by atoms with Crippen LogP contribution in [0.4, 0.5) is 11.4 Å². The number of nitrogens with zero attached hydrogens (tertiary/aromatic N) is 1. The summed E-state index contributed by atoms with van der Waals surface area (Å²) in [5.74, 6) is 0. The van der Waals surface area contributed by atoms with Crippen molar-refractivity contribution in [2.45, 2.75) is 57.3 Å². The van der Waals surface area contributed by atoms with E-state index in [1.807, 2.05) is 0 Å². The molecule has 1 spiro atoms. The molecule has 1 fully saturated rings. The average molecular weight is 468 g/mol. The minimum atomic E-state index is 0.206. The average Bonchev–Trinajstić information content (AvgIpc) is 3.07. The van der Waals surface area contributed by atoms with Crippen LogP contribution in [0.25, 0.3) is 22.3 Å². The second-order valence-corrected chi connectivity index (χ2v) is 10.8. The largest absolute Gasteiger partial charge is 0.315 e. The van der Waals surface area contributed by atoms with Crippen LogP contribution in [0.1, 0.15) is 62.1 Å². The number of aryl methyl sites for hydroxylation is 1. The molecule has 4 aromatic carbocycles. The minimum absolute atomic E-state index is 0.206. The van der Waals surface area contributed by atoms with Gasteiger partial charge in [-0.05, 0) is 95.8 Å². The maximum Gasteiger partial charge on any atom is 0.0490 e. The fraction of sp³-hybridized carbons (Fsp3) is 0.257. The quantitative estimate of drug-likeness (QED) is 0.284. The van der Waals surface area contributed by atoms with Crippen molar-refractivity contribution >= 4 is 11.4 Å². The maximum absolute atomic E-state index is 2.52. The Morgan fingerprint density at radius 1 is 0.667 bits per heavy atom. The molecule has 178 valence electrons. The molecule has 1 heteroatoms. The van der Waals surface area contributed by atoms with Crippen LogP contribution >= 0.6 is 0 Å². The zero-order chi connectivity index (χ0) is 24.1. The molecule has 1 nitrogen and oxygen atoms in total. The van der Waals surface area contributed by atoms with Crippen molar-refractivity contribution in [2.75, 3.05) is 4.90 Å². The van der Waals surface area contributed by atoms with Crippen molar-refractivity contribution in [1.82, 2.24) is 0 Å². The van der Waals surface area contributed by atoms with Gasteiger partial charge in [0, 0.05) is 22.5 Å². The Morgan fingerprint density at radius 3 is 2.25 bits per heavy atom. The van der Waals surface area contributed by atoms with E-state index in [0.717, 1.165) is 12.8 Å². The summed E-state index contributed by atoms with van der Waals surface area (Å²) in [5.41, 5.74) is 14.2. The summed E-state index contributed by atoms with van der Waals surface area (Å²) >= 11 is 0. The van der Waals surface area contributed by atoms with Gasteiger partial charge in [0.2, 0.25) is 0 Å². The summed E-state index contributed by atoms with van der Waals surface area (Å²) in [6.45, 7) is 2.23. The molecular weight excluding hydrogens is 434 g/mol. The van der Waals surface area contributed by atoms with Crippen LogP contribution in [0.5, 0.6) is 0 Å². The predicted octanol–water partition coefficient (Wildman–Crippen LogP) is 9.57. The van der Waals surface area contributed by atoms with Gasteiger partial charge in [-0.3, -0.25) is 0 Å². The van der Waals surface area contributed by atoms with Gasteiger partial charge >= 0.3 is 0 Å². The van der Waals surface area contributed by atoms with Crippen molar-refractivity contribution in [1.29, 1.82) is 0 Å². The van der Waals surface area contributed by atoms with E-state index >= 15 is 0 Å². The first-order valence-corrected chi connectivity index (χ1v) is 13.6. The van der Waals surface area contributed by atoms with Crippen LogP contribution in [-0.4, -0.2) is 0 Å². The van der Waals surface area contributed by atoms with Gasteiger partial charge in [0.25, 0.3) is 0 Å². The molecule has 36 heavy (non-hydrogen) atoms. The smallest absolute Gasteiger partial charge is 0.0490 e. The van der Waals surface area contributed by atoms with Crippen molar-refractivity contribution in [2.24, 2.45) is 0 Å². The molecule has 4 aromatic rings. The van der Waals surface area contributed by atoms with E-state index in [0.29, 0.717) is 0 Å². The lowest BCUT2D eigenvalue weighted by Gasteiger charge is -2.36. The van der Waals surface area contributed by atoms with E-state index in [9.17, 15) is 0 Å². The molecule has 1 saturated carbocycles. The first-order valence-electron chi connectivity index (χ1n) is 13.6.